The van der Waals surface area contributed by atoms with Crippen LogP contribution in [-0.2, 0) is 4.43 Å². The minimum Gasteiger partial charge on any atom is -0.414 e. The van der Waals surface area contributed by atoms with Crippen molar-refractivity contribution in [3.8, 4) is 0 Å². The number of allylic oxidation sites excluding steroid dienone is 1. The quantitative estimate of drug-likeness (QED) is 0.410. The lowest BCUT2D eigenvalue weighted by atomic mass is 9.48. The van der Waals surface area contributed by atoms with E-state index in [4.69, 9.17) is 4.43 Å². The maximum atomic E-state index is 10.7. The van der Waals surface area contributed by atoms with E-state index in [1.807, 2.05) is 0 Å². The fourth-order valence-electron chi connectivity index (χ4n) is 7.29. The zero-order chi connectivity index (χ0) is 20.5. The highest BCUT2D eigenvalue weighted by Gasteiger charge is 2.58. The predicted octanol–water partition coefficient (Wildman–Crippen LogP) is 6.70. The molecule has 2 nitrogen and oxygen atoms in total. The van der Waals surface area contributed by atoms with Crippen LogP contribution in [0, 0.1) is 28.6 Å². The molecule has 0 aromatic carbocycles. The first-order chi connectivity index (χ1) is 12.9. The molecule has 0 heterocycles. The number of aliphatic hydroxyl groups excluding tert-OH is 1. The highest BCUT2D eigenvalue weighted by Crippen LogP contribution is 2.65. The van der Waals surface area contributed by atoms with Crippen LogP contribution in [0.3, 0.4) is 0 Å². The third-order valence-corrected chi connectivity index (χ3v) is 14.8. The molecule has 3 fully saturated rings. The van der Waals surface area contributed by atoms with Crippen LogP contribution in [0.5, 0.6) is 0 Å². The second-order valence-electron chi connectivity index (χ2n) is 12.6. The lowest BCUT2D eigenvalue weighted by molar-refractivity contribution is -0.0706. The lowest BCUT2D eigenvalue weighted by Crippen LogP contribution is -2.52. The lowest BCUT2D eigenvalue weighted by Gasteiger charge is -2.58. The van der Waals surface area contributed by atoms with Gasteiger partial charge in [0.15, 0.2) is 8.32 Å². The first-order valence-corrected chi connectivity index (χ1v) is 14.8. The van der Waals surface area contributed by atoms with Crippen LogP contribution in [0.15, 0.2) is 11.6 Å². The van der Waals surface area contributed by atoms with Crippen LogP contribution < -0.4 is 0 Å². The Bertz CT molecular complexity index is 647. The van der Waals surface area contributed by atoms with Gasteiger partial charge in [-0.3, -0.25) is 0 Å². The average molecular weight is 405 g/mol. The molecule has 0 aromatic heterocycles. The van der Waals surface area contributed by atoms with E-state index in [0.29, 0.717) is 11.5 Å². The van der Waals surface area contributed by atoms with Gasteiger partial charge in [-0.25, -0.2) is 0 Å². The van der Waals surface area contributed by atoms with E-state index in [9.17, 15) is 5.11 Å². The van der Waals surface area contributed by atoms with Gasteiger partial charge in [0.1, 0.15) is 0 Å². The Kier molecular flexibility index (Phi) is 5.04. The van der Waals surface area contributed by atoms with Gasteiger partial charge in [-0.15, -0.1) is 0 Å². The topological polar surface area (TPSA) is 29.5 Å². The molecule has 4 aliphatic carbocycles. The number of rotatable bonds is 2. The van der Waals surface area contributed by atoms with Gasteiger partial charge in [-0.1, -0.05) is 46.3 Å². The second-order valence-corrected chi connectivity index (χ2v) is 17.4. The Balaban J connectivity index is 1.53. The van der Waals surface area contributed by atoms with E-state index in [1.165, 1.54) is 38.5 Å². The SMILES string of the molecule is CC(C)(C)[Si](C)(C)O[C@H]1CC[C@@]2(C)C(=CCC3C2CC[C@@]2(C)C3CC[C@@H]2O)C1. The van der Waals surface area contributed by atoms with Gasteiger partial charge in [0.2, 0.25) is 0 Å². The molecule has 4 rings (SSSR count). The van der Waals surface area contributed by atoms with Crippen LogP contribution in [0.1, 0.15) is 86.0 Å². The van der Waals surface area contributed by atoms with Gasteiger partial charge < -0.3 is 9.53 Å². The molecule has 3 unspecified atom stereocenters. The zero-order valence-electron chi connectivity index (χ0n) is 19.5. The first kappa shape index (κ1) is 21.1. The van der Waals surface area contributed by atoms with Crippen molar-refractivity contribution in [2.45, 2.75) is 116 Å². The Labute approximate surface area is 174 Å². The smallest absolute Gasteiger partial charge is 0.192 e. The second kappa shape index (κ2) is 6.69. The summed E-state index contributed by atoms with van der Waals surface area (Å²) in [6.45, 7) is 16.8. The van der Waals surface area contributed by atoms with Gasteiger partial charge in [-0.05, 0) is 98.1 Å². The first-order valence-electron chi connectivity index (χ1n) is 11.9. The van der Waals surface area contributed by atoms with Crippen LogP contribution >= 0.6 is 0 Å². The van der Waals surface area contributed by atoms with Crippen molar-refractivity contribution >= 4 is 8.32 Å². The maximum Gasteiger partial charge on any atom is 0.192 e. The number of hydrogen-bond donors (Lipinski definition) is 1. The predicted molar refractivity (Wildman–Crippen MR) is 120 cm³/mol. The van der Waals surface area contributed by atoms with Crippen molar-refractivity contribution in [1.29, 1.82) is 0 Å². The van der Waals surface area contributed by atoms with Gasteiger partial charge >= 0.3 is 0 Å². The minimum absolute atomic E-state index is 0.0645. The fourth-order valence-corrected chi connectivity index (χ4v) is 8.68. The Morgan fingerprint density at radius 1 is 1.04 bits per heavy atom. The summed E-state index contributed by atoms with van der Waals surface area (Å²) in [6, 6.07) is 0. The molecule has 28 heavy (non-hydrogen) atoms. The van der Waals surface area contributed by atoms with Crippen molar-refractivity contribution < 1.29 is 9.53 Å². The summed E-state index contributed by atoms with van der Waals surface area (Å²) >= 11 is 0. The molecular formula is C25H44O2Si. The standard InChI is InChI=1S/C25H44O2Si/c1-23(2,3)28(6,7)27-18-12-14-24(4)17(16-18)8-9-19-20-10-11-22(26)25(20,5)15-13-21(19)24/h8,18-22,26H,9-16H2,1-7H3/t18-,19?,20?,21?,22-,24-,25-/m0/s1. The highest BCUT2D eigenvalue weighted by atomic mass is 28.4. The Hall–Kier alpha value is -0.123. The van der Waals surface area contributed by atoms with Crippen molar-refractivity contribution in [3.63, 3.8) is 0 Å². The molecule has 0 aliphatic heterocycles. The normalized spacial score (nSPS) is 46.4. The summed E-state index contributed by atoms with van der Waals surface area (Å²) < 4.78 is 6.84. The zero-order valence-corrected chi connectivity index (χ0v) is 20.5. The van der Waals surface area contributed by atoms with E-state index in [-0.39, 0.29) is 16.6 Å². The summed E-state index contributed by atoms with van der Waals surface area (Å²) in [5, 5.41) is 10.9. The third kappa shape index (κ3) is 3.10. The van der Waals surface area contributed by atoms with Crippen LogP contribution in [-0.4, -0.2) is 25.6 Å². The van der Waals surface area contributed by atoms with Crippen molar-refractivity contribution in [1.82, 2.24) is 0 Å². The van der Waals surface area contributed by atoms with Crippen molar-refractivity contribution in [2.24, 2.45) is 28.6 Å². The molecule has 3 heteroatoms. The molecule has 3 saturated carbocycles. The van der Waals surface area contributed by atoms with Crippen molar-refractivity contribution in [2.75, 3.05) is 0 Å². The molecule has 160 valence electrons. The largest absolute Gasteiger partial charge is 0.414 e. The van der Waals surface area contributed by atoms with Gasteiger partial charge in [0.25, 0.3) is 0 Å². The third-order valence-electron chi connectivity index (χ3n) is 10.3. The summed E-state index contributed by atoms with van der Waals surface area (Å²) in [5.74, 6) is 2.35. The maximum absolute atomic E-state index is 10.7. The molecule has 7 atom stereocenters. The van der Waals surface area contributed by atoms with E-state index in [0.717, 1.165) is 30.6 Å². The summed E-state index contributed by atoms with van der Waals surface area (Å²) in [6.07, 6.45) is 12.7. The highest BCUT2D eigenvalue weighted by molar-refractivity contribution is 6.74. The van der Waals surface area contributed by atoms with Crippen LogP contribution in [0.2, 0.25) is 18.1 Å². The summed E-state index contributed by atoms with van der Waals surface area (Å²) in [4.78, 5) is 0. The molecule has 0 radical (unpaired) electrons. The Morgan fingerprint density at radius 2 is 1.75 bits per heavy atom. The molecule has 0 aromatic rings. The number of fused-ring (bicyclic) bond motifs is 5. The van der Waals surface area contributed by atoms with Crippen LogP contribution in [0.25, 0.3) is 0 Å². The minimum atomic E-state index is -1.70. The molecule has 0 bridgehead atoms. The van der Waals surface area contributed by atoms with Crippen LogP contribution in [0.4, 0.5) is 0 Å². The van der Waals surface area contributed by atoms with E-state index < -0.39 is 8.32 Å². The van der Waals surface area contributed by atoms with E-state index >= 15 is 0 Å². The molecule has 0 amide bonds. The van der Waals surface area contributed by atoms with Gasteiger partial charge in [0.05, 0.1) is 6.10 Å². The molecule has 1 N–H and O–H groups in total. The molecule has 4 aliphatic rings. The van der Waals surface area contributed by atoms with Gasteiger partial charge in [0, 0.05) is 6.10 Å². The number of hydrogen-bond acceptors (Lipinski definition) is 2. The summed E-state index contributed by atoms with van der Waals surface area (Å²) in [7, 11) is -1.70. The average Bonchev–Trinajstić information content (AvgIpc) is 2.89. The van der Waals surface area contributed by atoms with E-state index in [1.54, 1.807) is 5.57 Å². The van der Waals surface area contributed by atoms with Gasteiger partial charge in [-0.2, -0.15) is 0 Å². The summed E-state index contributed by atoms with van der Waals surface area (Å²) in [5.41, 5.74) is 2.28. The monoisotopic (exact) mass is 404 g/mol. The molecular weight excluding hydrogens is 360 g/mol. The number of aliphatic hydroxyl groups is 1. The Morgan fingerprint density at radius 3 is 2.43 bits per heavy atom. The fraction of sp³-hybridized carbons (Fsp3) is 0.920. The van der Waals surface area contributed by atoms with Crippen molar-refractivity contribution in [3.05, 3.63) is 11.6 Å². The van der Waals surface area contributed by atoms with E-state index in [2.05, 4.69) is 53.8 Å². The molecule has 0 saturated heterocycles. The molecule has 0 spiro atoms.